The molecule has 4 aromatic rings. The van der Waals surface area contributed by atoms with Crippen molar-refractivity contribution in [2.24, 2.45) is 0 Å². The number of hydroxylamine groups is 3. The average Bonchev–Trinajstić information content (AvgIpc) is 3.90. The molecule has 48 heavy (non-hydrogen) atoms. The van der Waals surface area contributed by atoms with E-state index in [0.29, 0.717) is 58.0 Å². The van der Waals surface area contributed by atoms with Crippen LogP contribution in [0.3, 0.4) is 0 Å². The molecule has 1 atom stereocenters. The van der Waals surface area contributed by atoms with Crippen LogP contribution < -0.4 is 25.8 Å². The Bertz CT molecular complexity index is 1980. The van der Waals surface area contributed by atoms with E-state index in [-0.39, 0.29) is 12.6 Å². The number of anilines is 2. The van der Waals surface area contributed by atoms with Crippen molar-refractivity contribution in [3.63, 3.8) is 0 Å². The van der Waals surface area contributed by atoms with Gasteiger partial charge in [-0.05, 0) is 67.0 Å². The van der Waals surface area contributed by atoms with Gasteiger partial charge in [0.25, 0.3) is 0 Å². The molecule has 1 aliphatic carbocycles. The Morgan fingerprint density at radius 3 is 2.54 bits per heavy atom. The van der Waals surface area contributed by atoms with Crippen molar-refractivity contribution in [1.82, 2.24) is 9.13 Å². The SMILES string of the molecule is CCC1=CNc2c(n(-c3ccc(Oc4ccccc4)cc3C)c(=O)n2-c2cc(NC(=O)/C=C/C[N+](C)([O-])C3CC3)cc(OC)c2)C(=N)C1. The largest absolute Gasteiger partial charge is 0.633 e. The molecule has 248 valence electrons. The molecule has 1 aromatic heterocycles. The minimum Gasteiger partial charge on any atom is -0.633 e. The Labute approximate surface area is 279 Å². The maximum atomic E-state index is 14.5. The number of benzene rings is 3. The van der Waals surface area contributed by atoms with E-state index in [0.717, 1.165) is 30.4 Å². The fourth-order valence-electron chi connectivity index (χ4n) is 5.93. The first-order chi connectivity index (χ1) is 23.1. The molecule has 1 unspecified atom stereocenters. The average molecular weight is 649 g/mol. The number of aromatic nitrogens is 2. The molecule has 1 aliphatic heterocycles. The number of allylic oxidation sites excluding steroid dienone is 1. The Morgan fingerprint density at radius 2 is 1.85 bits per heavy atom. The number of methoxy groups -OCH3 is 1. The van der Waals surface area contributed by atoms with Gasteiger partial charge in [0.15, 0.2) is 0 Å². The van der Waals surface area contributed by atoms with Crippen LogP contribution in [-0.4, -0.2) is 52.1 Å². The van der Waals surface area contributed by atoms with Gasteiger partial charge in [0.1, 0.15) is 28.8 Å². The van der Waals surface area contributed by atoms with Crippen LogP contribution in [0.4, 0.5) is 11.5 Å². The van der Waals surface area contributed by atoms with Gasteiger partial charge in [-0.1, -0.05) is 25.1 Å². The molecular formula is C37H40N6O5. The molecule has 2 heterocycles. The second-order valence-electron chi connectivity index (χ2n) is 12.4. The number of hydrogen-bond acceptors (Lipinski definition) is 7. The number of fused-ring (bicyclic) bond motifs is 1. The van der Waals surface area contributed by atoms with Gasteiger partial charge in [-0.15, -0.1) is 0 Å². The van der Waals surface area contributed by atoms with Gasteiger partial charge >= 0.3 is 5.69 Å². The number of carbonyl (C=O) groups is 1. The molecule has 1 amide bonds. The number of carbonyl (C=O) groups excluding carboxylic acids is 1. The monoisotopic (exact) mass is 648 g/mol. The van der Waals surface area contributed by atoms with Gasteiger partial charge < -0.3 is 35.4 Å². The molecule has 6 rings (SSSR count). The molecule has 3 aromatic carbocycles. The van der Waals surface area contributed by atoms with Gasteiger partial charge in [0, 0.05) is 49.4 Å². The van der Waals surface area contributed by atoms with Crippen LogP contribution in [0.15, 0.2) is 95.4 Å². The maximum absolute atomic E-state index is 14.5. The lowest BCUT2D eigenvalue weighted by atomic mass is 10.1. The number of nitrogens with one attached hydrogen (secondary N) is 3. The second kappa shape index (κ2) is 13.4. The molecule has 0 spiro atoms. The molecule has 1 fully saturated rings. The Balaban J connectivity index is 1.40. The topological polar surface area (TPSA) is 133 Å². The summed E-state index contributed by atoms with van der Waals surface area (Å²) >= 11 is 0. The number of hydrogen-bond donors (Lipinski definition) is 3. The third-order valence-corrected chi connectivity index (χ3v) is 8.71. The number of quaternary nitrogens is 1. The van der Waals surface area contributed by atoms with E-state index in [1.807, 2.05) is 62.5 Å². The van der Waals surface area contributed by atoms with Gasteiger partial charge in [0.05, 0.1) is 43.8 Å². The summed E-state index contributed by atoms with van der Waals surface area (Å²) in [6.45, 7) is 4.14. The third-order valence-electron chi connectivity index (χ3n) is 8.71. The standard InChI is InChI=1S/C37H40N6O5/c1-5-25-19-32(38)35-36(39-23-25)41(37(45)42(35)33-16-15-30(18-24(33)2)48-29-10-7-6-8-11-29)27-20-26(21-31(22-27)47-4)40-34(44)12-9-17-43(3,46)28-13-14-28/h6-12,15-16,18,20-23,28,38-39H,5,13-14,17,19H2,1-4H3,(H,40,44)/b12-9+,38-32?. The van der Waals surface area contributed by atoms with Gasteiger partial charge in [0.2, 0.25) is 5.91 Å². The first kappa shape index (κ1) is 32.5. The quantitative estimate of drug-likeness (QED) is 0.0929. The molecular weight excluding hydrogens is 608 g/mol. The smallest absolute Gasteiger partial charge is 0.339 e. The Hall–Kier alpha value is -5.39. The fourth-order valence-corrected chi connectivity index (χ4v) is 5.93. The van der Waals surface area contributed by atoms with Crippen molar-refractivity contribution in [3.8, 4) is 28.6 Å². The zero-order chi connectivity index (χ0) is 34.0. The highest BCUT2D eigenvalue weighted by Gasteiger charge is 2.34. The molecule has 2 aliphatic rings. The second-order valence-corrected chi connectivity index (χ2v) is 12.4. The highest BCUT2D eigenvalue weighted by atomic mass is 16.5. The van der Waals surface area contributed by atoms with Crippen molar-refractivity contribution in [2.45, 2.75) is 45.6 Å². The molecule has 3 N–H and O–H groups in total. The Kier molecular flexibility index (Phi) is 9.07. The van der Waals surface area contributed by atoms with Gasteiger partial charge in [-0.25, -0.2) is 9.36 Å². The van der Waals surface area contributed by atoms with Crippen molar-refractivity contribution < 1.29 is 18.9 Å². The highest BCUT2D eigenvalue weighted by Crippen LogP contribution is 2.34. The van der Waals surface area contributed by atoms with Crippen LogP contribution in [0.5, 0.6) is 17.2 Å². The summed E-state index contributed by atoms with van der Waals surface area (Å²) in [6, 6.07) is 20.1. The lowest BCUT2D eigenvalue weighted by Gasteiger charge is -2.38. The van der Waals surface area contributed by atoms with Crippen LogP contribution in [0.25, 0.3) is 11.4 Å². The van der Waals surface area contributed by atoms with Crippen molar-refractivity contribution in [3.05, 3.63) is 118 Å². The summed E-state index contributed by atoms with van der Waals surface area (Å²) in [5.74, 6) is 1.76. The number of imidazole rings is 1. The van der Waals surface area contributed by atoms with Crippen LogP contribution in [0.1, 0.15) is 43.9 Å². The van der Waals surface area contributed by atoms with Crippen LogP contribution in [0, 0.1) is 17.5 Å². The van der Waals surface area contributed by atoms with Crippen molar-refractivity contribution in [1.29, 1.82) is 5.41 Å². The third kappa shape index (κ3) is 6.83. The number of likely N-dealkylation sites (N-methyl/N-ethyl adjacent to an activating group) is 1. The van der Waals surface area contributed by atoms with E-state index in [1.165, 1.54) is 17.8 Å². The predicted octanol–water partition coefficient (Wildman–Crippen LogP) is 6.82. The number of para-hydroxylation sites is 1. The summed E-state index contributed by atoms with van der Waals surface area (Å²) in [7, 11) is 3.14. The lowest BCUT2D eigenvalue weighted by molar-refractivity contribution is -0.865. The van der Waals surface area contributed by atoms with Crippen molar-refractivity contribution in [2.75, 3.05) is 31.3 Å². The minimum atomic E-state index is -0.405. The van der Waals surface area contributed by atoms with Crippen LogP contribution in [-0.2, 0) is 4.79 Å². The first-order valence-corrected chi connectivity index (χ1v) is 16.0. The minimum absolute atomic E-state index is 0.0992. The fraction of sp³-hybridized carbons (Fsp3) is 0.270. The summed E-state index contributed by atoms with van der Waals surface area (Å²) in [5, 5.41) is 27.9. The maximum Gasteiger partial charge on any atom is 0.339 e. The van der Waals surface area contributed by atoms with E-state index in [1.54, 1.807) is 42.0 Å². The summed E-state index contributed by atoms with van der Waals surface area (Å²) < 4.78 is 14.3. The Morgan fingerprint density at radius 1 is 1.08 bits per heavy atom. The molecule has 11 heteroatoms. The lowest BCUT2D eigenvalue weighted by Crippen LogP contribution is -2.39. The number of amides is 1. The van der Waals surface area contributed by atoms with E-state index < -0.39 is 16.2 Å². The highest BCUT2D eigenvalue weighted by molar-refractivity contribution is 6.04. The van der Waals surface area contributed by atoms with E-state index in [4.69, 9.17) is 14.9 Å². The van der Waals surface area contributed by atoms with E-state index in [9.17, 15) is 14.8 Å². The summed E-state index contributed by atoms with van der Waals surface area (Å²) in [4.78, 5) is 27.4. The first-order valence-electron chi connectivity index (χ1n) is 16.0. The number of ether oxygens (including phenoxy) is 2. The normalized spacial score (nSPS) is 15.6. The number of rotatable bonds is 11. The van der Waals surface area contributed by atoms with E-state index >= 15 is 0 Å². The van der Waals surface area contributed by atoms with Crippen LogP contribution >= 0.6 is 0 Å². The zero-order valence-electron chi connectivity index (χ0n) is 27.6. The molecule has 0 radical (unpaired) electrons. The molecule has 0 bridgehead atoms. The number of nitrogens with zero attached hydrogens (tertiary/aromatic N) is 3. The van der Waals surface area contributed by atoms with Crippen molar-refractivity contribution >= 4 is 23.1 Å². The number of aryl methyl sites for hydroxylation is 1. The molecule has 1 saturated carbocycles. The van der Waals surface area contributed by atoms with Crippen LogP contribution in [0.2, 0.25) is 0 Å². The molecule has 0 saturated heterocycles. The van der Waals surface area contributed by atoms with Gasteiger partial charge in [-0.3, -0.25) is 9.36 Å². The predicted molar refractivity (Wildman–Crippen MR) is 188 cm³/mol. The van der Waals surface area contributed by atoms with Gasteiger partial charge in [-0.2, -0.15) is 0 Å². The zero-order valence-corrected chi connectivity index (χ0v) is 27.6. The molecule has 11 nitrogen and oxygen atoms in total. The summed E-state index contributed by atoms with van der Waals surface area (Å²) in [6.07, 6.45) is 7.74. The van der Waals surface area contributed by atoms with E-state index in [2.05, 4.69) is 10.6 Å². The summed E-state index contributed by atoms with van der Waals surface area (Å²) in [5.41, 5.74) is 3.57.